The molecular weight excluding hydrogens is 228 g/mol. The number of anilines is 1. The molecule has 1 aromatic carbocycles. The van der Waals surface area contributed by atoms with Crippen molar-refractivity contribution in [2.45, 2.75) is 19.4 Å². The molecule has 0 aromatic heterocycles. The number of benzene rings is 1. The number of carbonyl (C=O) groups excluding carboxylic acids is 1. The van der Waals surface area contributed by atoms with Crippen molar-refractivity contribution in [2.75, 3.05) is 19.4 Å². The quantitative estimate of drug-likeness (QED) is 0.627. The van der Waals surface area contributed by atoms with Crippen LogP contribution < -0.4 is 5.73 Å². The van der Waals surface area contributed by atoms with Gasteiger partial charge in [-0.05, 0) is 37.6 Å². The molecule has 0 aliphatic heterocycles. The SMILES string of the molecule is CN(C(=O)/C=C/c1ccc(N)cc1)C(C)(C)CO. The van der Waals surface area contributed by atoms with Crippen molar-refractivity contribution >= 4 is 17.7 Å². The normalized spacial score (nSPS) is 11.8. The number of aliphatic hydroxyl groups is 1. The van der Waals surface area contributed by atoms with Crippen molar-refractivity contribution in [3.63, 3.8) is 0 Å². The van der Waals surface area contributed by atoms with Gasteiger partial charge in [0.25, 0.3) is 0 Å². The predicted octanol–water partition coefficient (Wildman–Crippen LogP) is 1.51. The van der Waals surface area contributed by atoms with Gasteiger partial charge in [0.2, 0.25) is 5.91 Å². The fourth-order valence-electron chi connectivity index (χ4n) is 1.29. The summed E-state index contributed by atoms with van der Waals surface area (Å²) in [5, 5.41) is 9.20. The van der Waals surface area contributed by atoms with Crippen LogP contribution >= 0.6 is 0 Å². The van der Waals surface area contributed by atoms with E-state index < -0.39 is 5.54 Å². The molecule has 18 heavy (non-hydrogen) atoms. The van der Waals surface area contributed by atoms with E-state index in [1.54, 1.807) is 25.3 Å². The van der Waals surface area contributed by atoms with Gasteiger partial charge in [0.1, 0.15) is 0 Å². The topological polar surface area (TPSA) is 66.6 Å². The molecule has 0 bridgehead atoms. The molecule has 0 fully saturated rings. The third kappa shape index (κ3) is 3.60. The number of nitrogens with two attached hydrogens (primary N) is 1. The van der Waals surface area contributed by atoms with E-state index in [2.05, 4.69) is 0 Å². The number of carbonyl (C=O) groups is 1. The van der Waals surface area contributed by atoms with Gasteiger partial charge in [-0.15, -0.1) is 0 Å². The summed E-state index contributed by atoms with van der Waals surface area (Å²) in [6.07, 6.45) is 3.22. The predicted molar refractivity (Wildman–Crippen MR) is 73.8 cm³/mol. The van der Waals surface area contributed by atoms with Crippen LogP contribution in [0, 0.1) is 0 Å². The Kier molecular flexibility index (Phi) is 4.50. The second kappa shape index (κ2) is 5.69. The van der Waals surface area contributed by atoms with Crippen LogP contribution in [-0.4, -0.2) is 35.1 Å². The Morgan fingerprint density at radius 1 is 1.39 bits per heavy atom. The zero-order valence-electron chi connectivity index (χ0n) is 11.1. The Morgan fingerprint density at radius 3 is 2.44 bits per heavy atom. The molecule has 0 radical (unpaired) electrons. The number of nitrogen functional groups attached to an aromatic ring is 1. The number of likely N-dealkylation sites (N-methyl/N-ethyl adjacent to an activating group) is 1. The van der Waals surface area contributed by atoms with Crippen molar-refractivity contribution in [1.29, 1.82) is 0 Å². The van der Waals surface area contributed by atoms with E-state index in [9.17, 15) is 9.90 Å². The van der Waals surface area contributed by atoms with E-state index in [-0.39, 0.29) is 12.5 Å². The molecule has 0 heterocycles. The summed E-state index contributed by atoms with van der Waals surface area (Å²) in [6, 6.07) is 7.25. The zero-order chi connectivity index (χ0) is 13.8. The molecule has 4 nitrogen and oxygen atoms in total. The summed E-state index contributed by atoms with van der Waals surface area (Å²) in [4.78, 5) is 13.4. The lowest BCUT2D eigenvalue weighted by molar-refractivity contribution is -0.130. The minimum absolute atomic E-state index is 0.0784. The maximum atomic E-state index is 11.9. The molecule has 0 aliphatic rings. The molecule has 0 spiro atoms. The van der Waals surface area contributed by atoms with Gasteiger partial charge in [-0.25, -0.2) is 0 Å². The van der Waals surface area contributed by atoms with Gasteiger partial charge in [0.05, 0.1) is 12.1 Å². The van der Waals surface area contributed by atoms with Crippen molar-refractivity contribution < 1.29 is 9.90 Å². The molecule has 4 heteroatoms. The minimum atomic E-state index is -0.567. The smallest absolute Gasteiger partial charge is 0.246 e. The Morgan fingerprint density at radius 2 is 1.94 bits per heavy atom. The van der Waals surface area contributed by atoms with E-state index in [1.165, 1.54) is 11.0 Å². The van der Waals surface area contributed by atoms with Crippen molar-refractivity contribution in [3.05, 3.63) is 35.9 Å². The van der Waals surface area contributed by atoms with E-state index in [1.807, 2.05) is 26.0 Å². The van der Waals surface area contributed by atoms with E-state index in [0.717, 1.165) is 5.56 Å². The lowest BCUT2D eigenvalue weighted by Gasteiger charge is -2.33. The fourth-order valence-corrected chi connectivity index (χ4v) is 1.29. The van der Waals surface area contributed by atoms with Crippen LogP contribution in [0.2, 0.25) is 0 Å². The van der Waals surface area contributed by atoms with Crippen LogP contribution in [0.5, 0.6) is 0 Å². The zero-order valence-corrected chi connectivity index (χ0v) is 11.1. The monoisotopic (exact) mass is 248 g/mol. The van der Waals surface area contributed by atoms with Crippen molar-refractivity contribution in [3.8, 4) is 0 Å². The minimum Gasteiger partial charge on any atom is -0.399 e. The van der Waals surface area contributed by atoms with Gasteiger partial charge in [0, 0.05) is 18.8 Å². The Hall–Kier alpha value is -1.81. The molecule has 1 amide bonds. The van der Waals surface area contributed by atoms with Crippen LogP contribution in [0.15, 0.2) is 30.3 Å². The van der Waals surface area contributed by atoms with Crippen LogP contribution in [0.25, 0.3) is 6.08 Å². The first-order chi connectivity index (χ1) is 8.36. The van der Waals surface area contributed by atoms with Crippen LogP contribution in [0.4, 0.5) is 5.69 Å². The summed E-state index contributed by atoms with van der Waals surface area (Å²) < 4.78 is 0. The molecule has 3 N–H and O–H groups in total. The molecule has 1 aromatic rings. The Labute approximate surface area is 108 Å². The number of rotatable bonds is 4. The Bertz CT molecular complexity index is 436. The summed E-state index contributed by atoms with van der Waals surface area (Å²) in [6.45, 7) is 3.54. The molecule has 98 valence electrons. The summed E-state index contributed by atoms with van der Waals surface area (Å²) >= 11 is 0. The highest BCUT2D eigenvalue weighted by Gasteiger charge is 2.25. The van der Waals surface area contributed by atoms with Gasteiger partial charge in [0.15, 0.2) is 0 Å². The third-order valence-electron chi connectivity index (χ3n) is 2.98. The first-order valence-electron chi connectivity index (χ1n) is 5.79. The molecule has 0 atom stereocenters. The second-order valence-corrected chi connectivity index (χ2v) is 4.87. The summed E-state index contributed by atoms with van der Waals surface area (Å²) in [7, 11) is 1.67. The standard InChI is InChI=1S/C14H20N2O2/c1-14(2,10-17)16(3)13(18)9-6-11-4-7-12(15)8-5-11/h4-9,17H,10,15H2,1-3H3/b9-6+. The van der Waals surface area contributed by atoms with E-state index >= 15 is 0 Å². The third-order valence-corrected chi connectivity index (χ3v) is 2.98. The van der Waals surface area contributed by atoms with E-state index in [0.29, 0.717) is 5.69 Å². The van der Waals surface area contributed by atoms with Gasteiger partial charge in [-0.1, -0.05) is 12.1 Å². The highest BCUT2D eigenvalue weighted by molar-refractivity contribution is 5.92. The van der Waals surface area contributed by atoms with Gasteiger partial charge in [-0.3, -0.25) is 4.79 Å². The highest BCUT2D eigenvalue weighted by atomic mass is 16.3. The number of hydrogen-bond acceptors (Lipinski definition) is 3. The van der Waals surface area contributed by atoms with Gasteiger partial charge in [-0.2, -0.15) is 0 Å². The number of amides is 1. The molecule has 0 unspecified atom stereocenters. The average Bonchev–Trinajstić information content (AvgIpc) is 2.36. The largest absolute Gasteiger partial charge is 0.399 e. The molecule has 0 aliphatic carbocycles. The fraction of sp³-hybridized carbons (Fsp3) is 0.357. The van der Waals surface area contributed by atoms with Crippen LogP contribution in [0.1, 0.15) is 19.4 Å². The van der Waals surface area contributed by atoms with Gasteiger partial charge < -0.3 is 15.7 Å². The number of hydrogen-bond donors (Lipinski definition) is 2. The maximum Gasteiger partial charge on any atom is 0.246 e. The number of nitrogens with zero attached hydrogens (tertiary/aromatic N) is 1. The average molecular weight is 248 g/mol. The lowest BCUT2D eigenvalue weighted by atomic mass is 10.1. The van der Waals surface area contributed by atoms with Crippen LogP contribution in [-0.2, 0) is 4.79 Å². The summed E-state index contributed by atoms with van der Waals surface area (Å²) in [5.74, 6) is -0.147. The summed E-state index contributed by atoms with van der Waals surface area (Å²) in [5.41, 5.74) is 6.61. The Balaban J connectivity index is 2.73. The van der Waals surface area contributed by atoms with Crippen LogP contribution in [0.3, 0.4) is 0 Å². The maximum absolute atomic E-state index is 11.9. The lowest BCUT2D eigenvalue weighted by Crippen LogP contribution is -2.47. The molecule has 0 saturated heterocycles. The van der Waals surface area contributed by atoms with E-state index in [4.69, 9.17) is 5.73 Å². The first-order valence-corrected chi connectivity index (χ1v) is 5.79. The second-order valence-electron chi connectivity index (χ2n) is 4.87. The van der Waals surface area contributed by atoms with Gasteiger partial charge >= 0.3 is 0 Å². The molecule has 0 saturated carbocycles. The first kappa shape index (κ1) is 14.3. The van der Waals surface area contributed by atoms with Crippen molar-refractivity contribution in [2.24, 2.45) is 0 Å². The highest BCUT2D eigenvalue weighted by Crippen LogP contribution is 2.12. The number of aliphatic hydroxyl groups excluding tert-OH is 1. The molecular formula is C14H20N2O2. The van der Waals surface area contributed by atoms with Crippen molar-refractivity contribution in [1.82, 2.24) is 4.90 Å². The molecule has 1 rings (SSSR count).